The van der Waals surface area contributed by atoms with Crippen molar-refractivity contribution in [1.82, 2.24) is 5.32 Å². The lowest BCUT2D eigenvalue weighted by molar-refractivity contribution is -0.150. The van der Waals surface area contributed by atoms with E-state index in [0.29, 0.717) is 0 Å². The zero-order chi connectivity index (χ0) is 27.3. The Kier molecular flexibility index (Phi) is 28.0. The molecule has 1 N–H and O–H groups in total. The minimum absolute atomic E-state index is 0.189. The van der Waals surface area contributed by atoms with Crippen LogP contribution in [0.2, 0.25) is 0 Å². The number of hydrogen-bond donors (Lipinski definition) is 1. The van der Waals surface area contributed by atoms with E-state index < -0.39 is 5.60 Å². The van der Waals surface area contributed by atoms with Gasteiger partial charge < -0.3 is 10.1 Å². The van der Waals surface area contributed by atoms with E-state index in [4.69, 9.17) is 4.74 Å². The van der Waals surface area contributed by atoms with Gasteiger partial charge in [0.15, 0.2) is 0 Å². The van der Waals surface area contributed by atoms with Gasteiger partial charge in [0.1, 0.15) is 5.60 Å². The highest BCUT2D eigenvalue weighted by Gasteiger charge is 2.38. The van der Waals surface area contributed by atoms with Crippen LogP contribution in [0.5, 0.6) is 0 Å². The van der Waals surface area contributed by atoms with Crippen LogP contribution in [-0.4, -0.2) is 24.7 Å². The fourth-order valence-corrected chi connectivity index (χ4v) is 5.36. The molecule has 0 fully saturated rings. The molecule has 0 unspecified atom stereocenters. The summed E-state index contributed by atoms with van der Waals surface area (Å²) in [5, 5.41) is 3.34. The predicted molar refractivity (Wildman–Crippen MR) is 164 cm³/mol. The van der Waals surface area contributed by atoms with Crippen LogP contribution in [0.25, 0.3) is 0 Å². The van der Waals surface area contributed by atoms with E-state index >= 15 is 0 Å². The molecule has 1 amide bonds. The second-order valence-electron chi connectivity index (χ2n) is 11.7. The Morgan fingerprint density at radius 3 is 1.27 bits per heavy atom. The number of unbranched alkanes of at least 4 members (excludes halogenated alkanes) is 20. The molecule has 0 bridgehead atoms. The molecule has 0 saturated heterocycles. The third kappa shape index (κ3) is 22.0. The summed E-state index contributed by atoms with van der Waals surface area (Å²) < 4.78 is 6.65. The summed E-state index contributed by atoms with van der Waals surface area (Å²) in [6, 6.07) is 0. The molecule has 0 saturated carbocycles. The molecular weight excluding hydrogens is 454 g/mol. The van der Waals surface area contributed by atoms with Crippen LogP contribution in [0, 0.1) is 0 Å². The molecule has 0 radical (unpaired) electrons. The quantitative estimate of drug-likeness (QED) is 0.0950. The molecule has 0 aromatic carbocycles. The molecule has 3 heteroatoms. The second-order valence-corrected chi connectivity index (χ2v) is 11.7. The molecule has 0 aromatic rings. The van der Waals surface area contributed by atoms with Crippen molar-refractivity contribution in [2.45, 2.75) is 200 Å². The summed E-state index contributed by atoms with van der Waals surface area (Å²) >= 11 is 0. The molecule has 37 heavy (non-hydrogen) atoms. The van der Waals surface area contributed by atoms with Crippen molar-refractivity contribution in [1.29, 1.82) is 0 Å². The SMILES string of the molecule is CCCCCCCCNC(=O)C(CCCCCCCC)(CCCCCCCC)OCCCCCCCC. The predicted octanol–water partition coefficient (Wildman–Crippen LogP) is 11.1. The summed E-state index contributed by atoms with van der Waals surface area (Å²) in [6.07, 6.45) is 32.0. The van der Waals surface area contributed by atoms with E-state index in [0.717, 1.165) is 51.7 Å². The first kappa shape index (κ1) is 36.4. The molecule has 222 valence electrons. The maximum atomic E-state index is 13.7. The molecule has 0 heterocycles. The first-order valence-corrected chi connectivity index (χ1v) is 17.1. The van der Waals surface area contributed by atoms with E-state index in [1.807, 2.05) is 0 Å². The zero-order valence-corrected chi connectivity index (χ0v) is 26.1. The van der Waals surface area contributed by atoms with Crippen LogP contribution in [0.15, 0.2) is 0 Å². The number of ether oxygens (including phenoxy) is 1. The summed E-state index contributed by atoms with van der Waals surface area (Å²) in [5.74, 6) is 0.189. The van der Waals surface area contributed by atoms with Crippen molar-refractivity contribution in [3.8, 4) is 0 Å². The fraction of sp³-hybridized carbons (Fsp3) is 0.971. The number of amides is 1. The van der Waals surface area contributed by atoms with Crippen LogP contribution in [0.1, 0.15) is 195 Å². The number of hydrogen-bond acceptors (Lipinski definition) is 2. The van der Waals surface area contributed by atoms with E-state index in [9.17, 15) is 4.79 Å². The molecule has 0 rings (SSSR count). The monoisotopic (exact) mass is 524 g/mol. The smallest absolute Gasteiger partial charge is 0.252 e. The lowest BCUT2D eigenvalue weighted by atomic mass is 9.88. The number of rotatable bonds is 30. The molecule has 0 spiro atoms. The Bertz CT molecular complexity index is 449. The third-order valence-corrected chi connectivity index (χ3v) is 7.97. The van der Waals surface area contributed by atoms with Gasteiger partial charge in [0.05, 0.1) is 0 Å². The van der Waals surface area contributed by atoms with Crippen LogP contribution in [0.3, 0.4) is 0 Å². The van der Waals surface area contributed by atoms with Gasteiger partial charge in [-0.3, -0.25) is 4.79 Å². The standard InChI is InChI=1S/C34H69NO2/c1-5-9-13-17-21-25-29-34(30-26-22-18-14-10-6-2,37-32-28-24-20-16-12-8-4)33(36)35-31-27-23-19-15-11-7-3/h5-32H2,1-4H3,(H,35,36). The molecular formula is C34H69NO2. The Hall–Kier alpha value is -0.570. The summed E-state index contributed by atoms with van der Waals surface area (Å²) in [6.45, 7) is 10.6. The van der Waals surface area contributed by atoms with Crippen LogP contribution < -0.4 is 5.32 Å². The van der Waals surface area contributed by atoms with Gasteiger partial charge in [-0.2, -0.15) is 0 Å². The van der Waals surface area contributed by atoms with Gasteiger partial charge in [0, 0.05) is 13.2 Å². The number of nitrogens with one attached hydrogen (secondary N) is 1. The molecule has 3 nitrogen and oxygen atoms in total. The van der Waals surface area contributed by atoms with Crippen molar-refractivity contribution in [2.75, 3.05) is 13.2 Å². The normalized spacial score (nSPS) is 11.8. The first-order valence-electron chi connectivity index (χ1n) is 17.1. The number of carbonyl (C=O) groups excluding carboxylic acids is 1. The Balaban J connectivity index is 4.98. The van der Waals surface area contributed by atoms with Crippen molar-refractivity contribution in [2.24, 2.45) is 0 Å². The minimum Gasteiger partial charge on any atom is -0.365 e. The summed E-state index contributed by atoms with van der Waals surface area (Å²) in [7, 11) is 0. The Morgan fingerprint density at radius 1 is 0.486 bits per heavy atom. The average molecular weight is 524 g/mol. The highest BCUT2D eigenvalue weighted by Crippen LogP contribution is 2.29. The average Bonchev–Trinajstić information content (AvgIpc) is 2.91. The lowest BCUT2D eigenvalue weighted by Gasteiger charge is -2.33. The van der Waals surface area contributed by atoms with Crippen LogP contribution >= 0.6 is 0 Å². The van der Waals surface area contributed by atoms with Gasteiger partial charge in [0.2, 0.25) is 0 Å². The maximum Gasteiger partial charge on any atom is 0.252 e. The Labute approximate surface area is 234 Å². The molecule has 0 aliphatic heterocycles. The van der Waals surface area contributed by atoms with Crippen molar-refractivity contribution in [3.63, 3.8) is 0 Å². The molecule has 0 atom stereocenters. The summed E-state index contributed by atoms with van der Waals surface area (Å²) in [4.78, 5) is 13.7. The topological polar surface area (TPSA) is 38.3 Å². The van der Waals surface area contributed by atoms with E-state index in [2.05, 4.69) is 33.0 Å². The van der Waals surface area contributed by atoms with Gasteiger partial charge in [-0.15, -0.1) is 0 Å². The fourth-order valence-electron chi connectivity index (χ4n) is 5.36. The zero-order valence-electron chi connectivity index (χ0n) is 26.1. The van der Waals surface area contributed by atoms with Crippen molar-refractivity contribution in [3.05, 3.63) is 0 Å². The van der Waals surface area contributed by atoms with Gasteiger partial charge in [-0.1, -0.05) is 169 Å². The highest BCUT2D eigenvalue weighted by atomic mass is 16.5. The van der Waals surface area contributed by atoms with Crippen molar-refractivity contribution < 1.29 is 9.53 Å². The highest BCUT2D eigenvalue weighted by molar-refractivity contribution is 5.85. The van der Waals surface area contributed by atoms with Crippen LogP contribution in [-0.2, 0) is 9.53 Å². The number of carbonyl (C=O) groups is 1. The van der Waals surface area contributed by atoms with Gasteiger partial charge in [-0.25, -0.2) is 0 Å². The lowest BCUT2D eigenvalue weighted by Crippen LogP contribution is -2.49. The second kappa shape index (κ2) is 28.4. The third-order valence-electron chi connectivity index (χ3n) is 7.97. The van der Waals surface area contributed by atoms with Gasteiger partial charge in [-0.05, 0) is 25.7 Å². The maximum absolute atomic E-state index is 13.7. The van der Waals surface area contributed by atoms with E-state index in [-0.39, 0.29) is 5.91 Å². The van der Waals surface area contributed by atoms with E-state index in [1.54, 1.807) is 0 Å². The van der Waals surface area contributed by atoms with E-state index in [1.165, 1.54) is 128 Å². The molecule has 0 aliphatic carbocycles. The molecule has 0 aliphatic rings. The van der Waals surface area contributed by atoms with Gasteiger partial charge in [0.25, 0.3) is 5.91 Å². The summed E-state index contributed by atoms with van der Waals surface area (Å²) in [5.41, 5.74) is -0.610. The molecule has 0 aromatic heterocycles. The largest absolute Gasteiger partial charge is 0.365 e. The minimum atomic E-state index is -0.610. The Morgan fingerprint density at radius 2 is 0.838 bits per heavy atom. The van der Waals surface area contributed by atoms with Crippen molar-refractivity contribution >= 4 is 5.91 Å². The van der Waals surface area contributed by atoms with Crippen LogP contribution in [0.4, 0.5) is 0 Å². The van der Waals surface area contributed by atoms with Gasteiger partial charge >= 0.3 is 0 Å². The first-order chi connectivity index (χ1) is 18.2.